The fourth-order valence-electron chi connectivity index (χ4n) is 3.12. The summed E-state index contributed by atoms with van der Waals surface area (Å²) >= 11 is 0. The lowest BCUT2D eigenvalue weighted by Crippen LogP contribution is -2.15. The average molecular weight is 234 g/mol. The second-order valence-electron chi connectivity index (χ2n) is 6.25. The van der Waals surface area contributed by atoms with Gasteiger partial charge in [0.1, 0.15) is 5.76 Å². The van der Waals surface area contributed by atoms with Crippen LogP contribution in [0.2, 0.25) is 0 Å². The van der Waals surface area contributed by atoms with Crippen molar-refractivity contribution in [2.45, 2.75) is 71.6 Å². The van der Waals surface area contributed by atoms with Gasteiger partial charge in [-0.3, -0.25) is 0 Å². The van der Waals surface area contributed by atoms with Gasteiger partial charge in [-0.05, 0) is 56.1 Å². The average Bonchev–Trinajstić information content (AvgIpc) is 2.61. The third kappa shape index (κ3) is 2.94. The molecule has 0 unspecified atom stereocenters. The summed E-state index contributed by atoms with van der Waals surface area (Å²) in [4.78, 5) is 0. The molecule has 0 radical (unpaired) electrons. The minimum absolute atomic E-state index is 0.0149. The third-order valence-electron chi connectivity index (χ3n) is 4.33. The van der Waals surface area contributed by atoms with E-state index in [2.05, 4.69) is 19.9 Å². The van der Waals surface area contributed by atoms with Gasteiger partial charge < -0.3 is 5.11 Å². The Balaban J connectivity index is 2.29. The quantitative estimate of drug-likeness (QED) is 0.653. The maximum Gasteiger partial charge on any atom is 0.101 e. The van der Waals surface area contributed by atoms with Crippen LogP contribution in [0, 0.1) is 5.41 Å². The Labute approximate surface area is 106 Å². The fourth-order valence-corrected chi connectivity index (χ4v) is 3.12. The molecular formula is C16H26O. The second kappa shape index (κ2) is 5.29. The topological polar surface area (TPSA) is 20.2 Å². The predicted molar refractivity (Wildman–Crippen MR) is 73.1 cm³/mol. The van der Waals surface area contributed by atoms with Crippen molar-refractivity contribution >= 4 is 0 Å². The lowest BCUT2D eigenvalue weighted by molar-refractivity contribution is 0.242. The molecule has 1 heteroatoms. The van der Waals surface area contributed by atoms with E-state index in [-0.39, 0.29) is 5.41 Å². The summed E-state index contributed by atoms with van der Waals surface area (Å²) in [6.07, 6.45) is 13.4. The zero-order valence-corrected chi connectivity index (χ0v) is 11.4. The van der Waals surface area contributed by atoms with Crippen LogP contribution in [-0.4, -0.2) is 5.11 Å². The van der Waals surface area contributed by atoms with Crippen molar-refractivity contribution in [2.75, 3.05) is 0 Å². The van der Waals surface area contributed by atoms with E-state index in [0.29, 0.717) is 5.76 Å². The molecule has 1 nitrogen and oxygen atoms in total. The lowest BCUT2D eigenvalue weighted by atomic mass is 9.83. The van der Waals surface area contributed by atoms with Crippen LogP contribution in [0.1, 0.15) is 71.6 Å². The van der Waals surface area contributed by atoms with Crippen molar-refractivity contribution < 1.29 is 5.11 Å². The molecule has 0 saturated carbocycles. The Morgan fingerprint density at radius 2 is 1.76 bits per heavy atom. The Kier molecular flexibility index (Phi) is 3.96. The highest BCUT2D eigenvalue weighted by atomic mass is 16.3. The largest absolute Gasteiger partial charge is 0.511 e. The van der Waals surface area contributed by atoms with E-state index in [4.69, 9.17) is 0 Å². The van der Waals surface area contributed by atoms with Crippen molar-refractivity contribution in [2.24, 2.45) is 5.41 Å². The molecule has 2 aliphatic carbocycles. The van der Waals surface area contributed by atoms with Gasteiger partial charge in [-0.1, -0.05) is 32.8 Å². The highest BCUT2D eigenvalue weighted by molar-refractivity contribution is 5.36. The normalized spacial score (nSPS) is 26.1. The second-order valence-corrected chi connectivity index (χ2v) is 6.25. The van der Waals surface area contributed by atoms with Crippen molar-refractivity contribution in [3.8, 4) is 0 Å². The maximum absolute atomic E-state index is 10.6. The summed E-state index contributed by atoms with van der Waals surface area (Å²) in [6.45, 7) is 4.37. The van der Waals surface area contributed by atoms with E-state index in [0.717, 1.165) is 12.8 Å². The van der Waals surface area contributed by atoms with Gasteiger partial charge in [0.05, 0.1) is 0 Å². The predicted octanol–water partition coefficient (Wildman–Crippen LogP) is 5.29. The van der Waals surface area contributed by atoms with Crippen LogP contribution in [0.15, 0.2) is 23.0 Å². The number of hydrogen-bond donors (Lipinski definition) is 1. The molecule has 0 bridgehead atoms. The van der Waals surface area contributed by atoms with Gasteiger partial charge in [-0.25, -0.2) is 0 Å². The van der Waals surface area contributed by atoms with E-state index in [1.165, 1.54) is 56.1 Å². The van der Waals surface area contributed by atoms with Gasteiger partial charge in [0, 0.05) is 5.41 Å². The van der Waals surface area contributed by atoms with Gasteiger partial charge in [0.15, 0.2) is 0 Å². The molecule has 0 atom stereocenters. The van der Waals surface area contributed by atoms with Crippen LogP contribution >= 0.6 is 0 Å². The standard InChI is InChI=1S/C16H26O/c1-16(2)12-8-7-11-14(15(16)17)13-9-5-3-4-6-10-13/h9,17H,3-8,10-12H2,1-2H3. The van der Waals surface area contributed by atoms with Crippen LogP contribution < -0.4 is 0 Å². The van der Waals surface area contributed by atoms with Gasteiger partial charge in [0.2, 0.25) is 0 Å². The molecule has 0 heterocycles. The SMILES string of the molecule is CC1(C)CCCCC(C2=CCCCCC2)=C1O. The number of rotatable bonds is 1. The molecule has 2 aliphatic rings. The van der Waals surface area contributed by atoms with Crippen molar-refractivity contribution in [3.05, 3.63) is 23.0 Å². The van der Waals surface area contributed by atoms with Crippen LogP contribution in [-0.2, 0) is 0 Å². The molecule has 0 spiro atoms. The summed E-state index contributed by atoms with van der Waals surface area (Å²) in [5, 5.41) is 10.6. The molecule has 0 aromatic carbocycles. The number of hydrogen-bond acceptors (Lipinski definition) is 1. The first-order valence-electron chi connectivity index (χ1n) is 7.23. The molecule has 0 aromatic rings. The van der Waals surface area contributed by atoms with E-state index in [9.17, 15) is 5.11 Å². The Hall–Kier alpha value is -0.720. The zero-order valence-electron chi connectivity index (χ0n) is 11.4. The molecular weight excluding hydrogens is 208 g/mol. The molecule has 96 valence electrons. The number of aliphatic hydroxyl groups is 1. The molecule has 2 rings (SSSR count). The molecule has 0 aromatic heterocycles. The highest BCUT2D eigenvalue weighted by Crippen LogP contribution is 2.41. The van der Waals surface area contributed by atoms with Gasteiger partial charge >= 0.3 is 0 Å². The Morgan fingerprint density at radius 1 is 1.00 bits per heavy atom. The number of allylic oxidation sites excluding steroid dienone is 4. The maximum atomic E-state index is 10.6. The first-order valence-corrected chi connectivity index (χ1v) is 7.23. The zero-order chi connectivity index (χ0) is 12.3. The van der Waals surface area contributed by atoms with Crippen LogP contribution in [0.4, 0.5) is 0 Å². The Morgan fingerprint density at radius 3 is 2.59 bits per heavy atom. The van der Waals surface area contributed by atoms with Crippen LogP contribution in [0.5, 0.6) is 0 Å². The van der Waals surface area contributed by atoms with Crippen LogP contribution in [0.3, 0.4) is 0 Å². The molecule has 0 fully saturated rings. The molecule has 17 heavy (non-hydrogen) atoms. The summed E-state index contributed by atoms with van der Waals surface area (Å²) in [6, 6.07) is 0. The molecule has 0 amide bonds. The summed E-state index contributed by atoms with van der Waals surface area (Å²) in [7, 11) is 0. The minimum Gasteiger partial charge on any atom is -0.511 e. The molecule has 0 aliphatic heterocycles. The number of aliphatic hydroxyl groups excluding tert-OH is 1. The first-order chi connectivity index (χ1) is 8.11. The van der Waals surface area contributed by atoms with E-state index in [1.807, 2.05) is 0 Å². The molecule has 0 saturated heterocycles. The Bertz CT molecular complexity index is 333. The third-order valence-corrected chi connectivity index (χ3v) is 4.33. The fraction of sp³-hybridized carbons (Fsp3) is 0.750. The van der Waals surface area contributed by atoms with Gasteiger partial charge in [-0.15, -0.1) is 0 Å². The summed E-state index contributed by atoms with van der Waals surface area (Å²) in [5.41, 5.74) is 2.73. The van der Waals surface area contributed by atoms with Crippen LogP contribution in [0.25, 0.3) is 0 Å². The summed E-state index contributed by atoms with van der Waals surface area (Å²) < 4.78 is 0. The highest BCUT2D eigenvalue weighted by Gasteiger charge is 2.29. The van der Waals surface area contributed by atoms with Gasteiger partial charge in [-0.2, -0.15) is 0 Å². The minimum atomic E-state index is -0.0149. The lowest BCUT2D eigenvalue weighted by Gasteiger charge is -2.24. The van der Waals surface area contributed by atoms with E-state index < -0.39 is 0 Å². The monoisotopic (exact) mass is 234 g/mol. The van der Waals surface area contributed by atoms with Crippen molar-refractivity contribution in [3.63, 3.8) is 0 Å². The molecule has 1 N–H and O–H groups in total. The van der Waals surface area contributed by atoms with Crippen molar-refractivity contribution in [1.82, 2.24) is 0 Å². The van der Waals surface area contributed by atoms with E-state index in [1.54, 1.807) is 0 Å². The summed E-state index contributed by atoms with van der Waals surface area (Å²) in [5.74, 6) is 0.683. The van der Waals surface area contributed by atoms with Gasteiger partial charge in [0.25, 0.3) is 0 Å². The first kappa shape index (κ1) is 12.7. The smallest absolute Gasteiger partial charge is 0.101 e. The van der Waals surface area contributed by atoms with E-state index >= 15 is 0 Å². The van der Waals surface area contributed by atoms with Crippen molar-refractivity contribution in [1.29, 1.82) is 0 Å².